The number of rotatable bonds is 6. The minimum Gasteiger partial charge on any atom is -0.507 e. The van der Waals surface area contributed by atoms with E-state index in [0.29, 0.717) is 28.9 Å². The third-order valence-corrected chi connectivity index (χ3v) is 6.61. The molecule has 0 unspecified atom stereocenters. The van der Waals surface area contributed by atoms with E-state index in [-0.39, 0.29) is 11.7 Å². The quantitative estimate of drug-likeness (QED) is 0.0998. The average Bonchev–Trinajstić information content (AvgIpc) is 2.89. The summed E-state index contributed by atoms with van der Waals surface area (Å²) in [5.74, 6) is 0.488. The fourth-order valence-electron chi connectivity index (χ4n) is 4.73. The number of esters is 1. The molecule has 0 amide bonds. The smallest absolute Gasteiger partial charge is 0.338 e. The van der Waals surface area contributed by atoms with Crippen LogP contribution in [0.4, 0.5) is 0 Å². The number of hydrogen-bond acceptors (Lipinski definition) is 4. The summed E-state index contributed by atoms with van der Waals surface area (Å²) in [5.41, 5.74) is 3.63. The Morgan fingerprint density at radius 3 is 2.58 bits per heavy atom. The molecule has 3 aromatic rings. The Hall–Kier alpha value is -4.12. The fourth-order valence-corrected chi connectivity index (χ4v) is 4.73. The van der Waals surface area contributed by atoms with Gasteiger partial charge in [-0.3, -0.25) is 0 Å². The first-order valence-corrected chi connectivity index (χ1v) is 12.4. The van der Waals surface area contributed by atoms with Crippen molar-refractivity contribution in [2.24, 2.45) is 0 Å². The van der Waals surface area contributed by atoms with Gasteiger partial charge in [0, 0.05) is 22.6 Å². The minimum absolute atomic E-state index is 0.152. The molecule has 36 heavy (non-hydrogen) atoms. The molecular weight excluding hydrogens is 450 g/mol. The Labute approximate surface area is 210 Å². The molecule has 1 heterocycles. The summed E-state index contributed by atoms with van der Waals surface area (Å²) >= 11 is 0. The van der Waals surface area contributed by atoms with Crippen LogP contribution in [0.3, 0.4) is 0 Å². The first-order chi connectivity index (χ1) is 17.5. The fraction of sp³-hybridized carbons (Fsp3) is 0.226. The number of fused-ring (bicyclic) bond motifs is 4. The van der Waals surface area contributed by atoms with Crippen LogP contribution in [-0.2, 0) is 4.74 Å². The number of carbonyl (C=O) groups is 1. The van der Waals surface area contributed by atoms with Gasteiger partial charge >= 0.3 is 5.97 Å². The number of phenols is 1. The van der Waals surface area contributed by atoms with Crippen LogP contribution >= 0.6 is 0 Å². The highest BCUT2D eigenvalue weighted by molar-refractivity contribution is 6.15. The number of hydrogen-bond donors (Lipinski definition) is 1. The summed E-state index contributed by atoms with van der Waals surface area (Å²) in [5, 5.41) is 14.1. The van der Waals surface area contributed by atoms with Crippen LogP contribution in [0, 0.1) is 0 Å². The van der Waals surface area contributed by atoms with E-state index in [1.165, 1.54) is 0 Å². The van der Waals surface area contributed by atoms with E-state index in [9.17, 15) is 9.90 Å². The predicted octanol–water partition coefficient (Wildman–Crippen LogP) is 6.44. The Kier molecular flexibility index (Phi) is 6.47. The van der Waals surface area contributed by atoms with Crippen molar-refractivity contribution in [3.63, 3.8) is 0 Å². The zero-order chi connectivity index (χ0) is 25.2. The summed E-state index contributed by atoms with van der Waals surface area (Å²) in [6, 6.07) is 23.0. The second kappa shape index (κ2) is 9.86. The van der Waals surface area contributed by atoms with Gasteiger partial charge in [-0.05, 0) is 41.6 Å². The molecule has 0 fully saturated rings. The maximum absolute atomic E-state index is 13.2. The SMILES string of the molecule is CCCCCOC(=O)c1ccccc1-c1c2ccc(=[N+](C)C)cc-2oc2c1ccc1cccc(O)c12. The van der Waals surface area contributed by atoms with Crippen LogP contribution in [-0.4, -0.2) is 31.8 Å². The van der Waals surface area contributed by atoms with Crippen molar-refractivity contribution in [3.8, 4) is 28.2 Å². The molecule has 0 bridgehead atoms. The van der Waals surface area contributed by atoms with E-state index in [0.717, 1.165) is 52.1 Å². The molecule has 0 atom stereocenters. The maximum Gasteiger partial charge on any atom is 0.338 e. The van der Waals surface area contributed by atoms with E-state index in [1.807, 2.05) is 85.4 Å². The van der Waals surface area contributed by atoms with Crippen molar-refractivity contribution in [2.45, 2.75) is 26.2 Å². The molecule has 0 radical (unpaired) electrons. The molecule has 5 nitrogen and oxygen atoms in total. The summed E-state index contributed by atoms with van der Waals surface area (Å²) in [6.45, 7) is 2.52. The molecule has 1 aliphatic carbocycles. The van der Waals surface area contributed by atoms with Crippen molar-refractivity contribution in [1.82, 2.24) is 4.58 Å². The largest absolute Gasteiger partial charge is 0.507 e. The first-order valence-electron chi connectivity index (χ1n) is 12.4. The number of benzene rings is 4. The second-order valence-corrected chi connectivity index (χ2v) is 9.26. The van der Waals surface area contributed by atoms with E-state index < -0.39 is 0 Å². The van der Waals surface area contributed by atoms with Crippen LogP contribution in [0.25, 0.3) is 44.2 Å². The molecule has 3 aromatic carbocycles. The monoisotopic (exact) mass is 480 g/mol. The highest BCUT2D eigenvalue weighted by Crippen LogP contribution is 2.44. The Balaban J connectivity index is 1.83. The van der Waals surface area contributed by atoms with Gasteiger partial charge in [-0.1, -0.05) is 56.2 Å². The van der Waals surface area contributed by atoms with Gasteiger partial charge in [0.2, 0.25) is 5.36 Å². The van der Waals surface area contributed by atoms with Crippen molar-refractivity contribution >= 4 is 27.7 Å². The van der Waals surface area contributed by atoms with Crippen LogP contribution in [0.15, 0.2) is 77.2 Å². The van der Waals surface area contributed by atoms with E-state index in [2.05, 4.69) is 6.92 Å². The van der Waals surface area contributed by atoms with Crippen molar-refractivity contribution in [1.29, 1.82) is 0 Å². The van der Waals surface area contributed by atoms with Crippen molar-refractivity contribution in [2.75, 3.05) is 20.7 Å². The molecule has 0 saturated carbocycles. The highest BCUT2D eigenvalue weighted by Gasteiger charge is 2.24. The summed E-state index contributed by atoms with van der Waals surface area (Å²) in [7, 11) is 3.96. The summed E-state index contributed by atoms with van der Waals surface area (Å²) in [6.07, 6.45) is 2.93. The normalized spacial score (nSPS) is 11.3. The number of unbranched alkanes of at least 4 members (excludes halogenated alkanes) is 2. The van der Waals surface area contributed by atoms with E-state index in [1.54, 1.807) is 6.07 Å². The third-order valence-electron chi connectivity index (χ3n) is 6.61. The molecule has 0 spiro atoms. The molecule has 182 valence electrons. The number of carbonyl (C=O) groups excluding carboxylic acids is 1. The standard InChI is InChI=1S/C31H29NO4/c1-4-5-8-18-35-31(34)23-12-7-6-11-22(23)29-24-17-15-21(32(2)3)19-27(24)36-30-25(29)16-14-20-10-9-13-26(33)28(20)30/h6-7,9-17,19H,4-5,8,18H2,1-3H3/p+1. The Morgan fingerprint density at radius 1 is 0.944 bits per heavy atom. The lowest BCUT2D eigenvalue weighted by Crippen LogP contribution is -2.21. The van der Waals surface area contributed by atoms with Gasteiger partial charge in [0.25, 0.3) is 0 Å². The summed E-state index contributed by atoms with van der Waals surface area (Å²) in [4.78, 5) is 13.2. The average molecular weight is 481 g/mol. The summed E-state index contributed by atoms with van der Waals surface area (Å²) < 4.78 is 14.1. The predicted molar refractivity (Wildman–Crippen MR) is 144 cm³/mol. The van der Waals surface area contributed by atoms with Gasteiger partial charge in [0.05, 0.1) is 23.6 Å². The van der Waals surface area contributed by atoms with Gasteiger partial charge in [0.1, 0.15) is 31.2 Å². The van der Waals surface area contributed by atoms with Gasteiger partial charge in [-0.15, -0.1) is 0 Å². The van der Waals surface area contributed by atoms with Crippen LogP contribution in [0.2, 0.25) is 0 Å². The number of phenolic OH excluding ortho intramolecular Hbond substituents is 1. The zero-order valence-electron chi connectivity index (χ0n) is 20.9. The molecule has 1 N–H and O–H groups in total. The molecule has 5 heteroatoms. The first kappa shape index (κ1) is 23.6. The van der Waals surface area contributed by atoms with E-state index >= 15 is 0 Å². The lowest BCUT2D eigenvalue weighted by Gasteiger charge is -2.18. The number of aromatic hydroxyl groups is 1. The molecular formula is C31H30NO4+. The van der Waals surface area contributed by atoms with Crippen LogP contribution in [0.1, 0.15) is 36.5 Å². The molecule has 0 aromatic heterocycles. The zero-order valence-corrected chi connectivity index (χ0v) is 20.9. The second-order valence-electron chi connectivity index (χ2n) is 9.26. The molecule has 5 rings (SSSR count). The lowest BCUT2D eigenvalue weighted by molar-refractivity contribution is 0.0499. The van der Waals surface area contributed by atoms with Crippen LogP contribution < -0.4 is 9.93 Å². The topological polar surface area (TPSA) is 62.7 Å². The number of nitrogens with zero attached hydrogens (tertiary/aromatic N) is 1. The van der Waals surface area contributed by atoms with Crippen molar-refractivity contribution < 1.29 is 19.1 Å². The van der Waals surface area contributed by atoms with E-state index in [4.69, 9.17) is 9.15 Å². The molecule has 1 aliphatic heterocycles. The third kappa shape index (κ3) is 4.22. The Bertz CT molecular complexity index is 1630. The minimum atomic E-state index is -0.336. The lowest BCUT2D eigenvalue weighted by atomic mass is 9.89. The maximum atomic E-state index is 13.2. The van der Waals surface area contributed by atoms with Gasteiger partial charge < -0.3 is 14.3 Å². The van der Waals surface area contributed by atoms with Crippen LogP contribution in [0.5, 0.6) is 5.75 Å². The number of ether oxygens (including phenoxy) is 1. The van der Waals surface area contributed by atoms with Crippen molar-refractivity contribution in [3.05, 3.63) is 83.7 Å². The molecule has 0 saturated heterocycles. The van der Waals surface area contributed by atoms with Gasteiger partial charge in [0.15, 0.2) is 0 Å². The molecule has 2 aliphatic rings. The highest BCUT2D eigenvalue weighted by atomic mass is 16.5. The Morgan fingerprint density at radius 2 is 1.78 bits per heavy atom. The van der Waals surface area contributed by atoms with Gasteiger partial charge in [-0.25, -0.2) is 9.37 Å². The van der Waals surface area contributed by atoms with Gasteiger partial charge in [-0.2, -0.15) is 0 Å².